The average molecular weight is 268 g/mol. The maximum absolute atomic E-state index is 12.9. The summed E-state index contributed by atoms with van der Waals surface area (Å²) in [6, 6.07) is 5.94. The monoisotopic (exact) mass is 268 g/mol. The molecule has 0 aliphatic rings. The van der Waals surface area contributed by atoms with Crippen molar-refractivity contribution >= 4 is 5.91 Å². The molecule has 4 nitrogen and oxygen atoms in total. The quantitative estimate of drug-likeness (QED) is 0.818. The molecule has 0 spiro atoms. The van der Waals surface area contributed by atoms with Gasteiger partial charge in [-0.3, -0.25) is 4.79 Å². The lowest BCUT2D eigenvalue weighted by Crippen LogP contribution is -2.32. The number of hydrogen-bond donors (Lipinski definition) is 1. The standard InChI is InChI=1S/C14H21FN2O2/c1-11(10-16)8-14(18)17(2)6-7-19-13-5-3-4-12(15)9-13/h3-5,9,11H,6-8,10,16H2,1-2H3. The number of benzene rings is 1. The van der Waals surface area contributed by atoms with Crippen LogP contribution in [0.5, 0.6) is 5.75 Å². The molecule has 0 bridgehead atoms. The van der Waals surface area contributed by atoms with E-state index in [1.807, 2.05) is 6.92 Å². The SMILES string of the molecule is CC(CN)CC(=O)N(C)CCOc1cccc(F)c1. The van der Waals surface area contributed by atoms with Gasteiger partial charge in [0.1, 0.15) is 18.2 Å². The van der Waals surface area contributed by atoms with E-state index in [9.17, 15) is 9.18 Å². The molecule has 0 aromatic heterocycles. The number of nitrogens with zero attached hydrogens (tertiary/aromatic N) is 1. The first kappa shape index (κ1) is 15.4. The second kappa shape index (κ2) is 7.74. The van der Waals surface area contributed by atoms with Crippen LogP contribution in [0.2, 0.25) is 0 Å². The van der Waals surface area contributed by atoms with Gasteiger partial charge in [0.05, 0.1) is 6.54 Å². The van der Waals surface area contributed by atoms with Gasteiger partial charge in [0.2, 0.25) is 5.91 Å². The van der Waals surface area contributed by atoms with Crippen LogP contribution < -0.4 is 10.5 Å². The zero-order chi connectivity index (χ0) is 14.3. The highest BCUT2D eigenvalue weighted by molar-refractivity contribution is 5.76. The Morgan fingerprint density at radius 3 is 2.89 bits per heavy atom. The molecule has 1 aromatic carbocycles. The molecule has 2 N–H and O–H groups in total. The van der Waals surface area contributed by atoms with Crippen LogP contribution in [0.1, 0.15) is 13.3 Å². The number of carbonyl (C=O) groups excluding carboxylic acids is 1. The summed E-state index contributed by atoms with van der Waals surface area (Å²) in [6.07, 6.45) is 0.437. The van der Waals surface area contributed by atoms with Gasteiger partial charge in [-0.05, 0) is 24.6 Å². The fourth-order valence-electron chi connectivity index (χ4n) is 1.52. The van der Waals surface area contributed by atoms with E-state index in [0.717, 1.165) is 0 Å². The van der Waals surface area contributed by atoms with Crippen LogP contribution in [0.4, 0.5) is 4.39 Å². The lowest BCUT2D eigenvalue weighted by atomic mass is 10.1. The minimum atomic E-state index is -0.335. The first-order valence-electron chi connectivity index (χ1n) is 6.35. The van der Waals surface area contributed by atoms with Crippen LogP contribution >= 0.6 is 0 Å². The zero-order valence-corrected chi connectivity index (χ0v) is 11.4. The van der Waals surface area contributed by atoms with Crippen molar-refractivity contribution in [2.75, 3.05) is 26.7 Å². The predicted octanol–water partition coefficient (Wildman–Crippen LogP) is 1.65. The van der Waals surface area contributed by atoms with Gasteiger partial charge in [-0.25, -0.2) is 4.39 Å². The van der Waals surface area contributed by atoms with Gasteiger partial charge >= 0.3 is 0 Å². The third-order valence-corrected chi connectivity index (χ3v) is 2.84. The van der Waals surface area contributed by atoms with Crippen LogP contribution in [0.3, 0.4) is 0 Å². The molecule has 1 aromatic rings. The molecule has 1 atom stereocenters. The van der Waals surface area contributed by atoms with E-state index >= 15 is 0 Å². The second-order valence-corrected chi connectivity index (χ2v) is 4.67. The molecule has 5 heteroatoms. The highest BCUT2D eigenvalue weighted by atomic mass is 19.1. The van der Waals surface area contributed by atoms with Crippen LogP contribution in [0.25, 0.3) is 0 Å². The van der Waals surface area contributed by atoms with Crippen LogP contribution in [-0.4, -0.2) is 37.6 Å². The van der Waals surface area contributed by atoms with Crippen molar-refractivity contribution in [2.45, 2.75) is 13.3 Å². The molecule has 1 unspecified atom stereocenters. The third kappa shape index (κ3) is 5.70. The molecule has 0 aliphatic heterocycles. The number of halogens is 1. The molecule has 0 saturated carbocycles. The Labute approximate surface area is 113 Å². The van der Waals surface area contributed by atoms with Crippen molar-refractivity contribution in [1.82, 2.24) is 4.90 Å². The van der Waals surface area contributed by atoms with E-state index in [1.165, 1.54) is 12.1 Å². The van der Waals surface area contributed by atoms with Gasteiger partial charge < -0.3 is 15.4 Å². The molecule has 1 rings (SSSR count). The first-order chi connectivity index (χ1) is 9.02. The Kier molecular flexibility index (Phi) is 6.29. The van der Waals surface area contributed by atoms with Crippen molar-refractivity contribution in [3.63, 3.8) is 0 Å². The predicted molar refractivity (Wildman–Crippen MR) is 72.4 cm³/mol. The van der Waals surface area contributed by atoms with E-state index in [4.69, 9.17) is 10.5 Å². The summed E-state index contributed by atoms with van der Waals surface area (Å²) in [5.74, 6) is 0.356. The number of likely N-dealkylation sites (N-methyl/N-ethyl adjacent to an activating group) is 1. The normalized spacial score (nSPS) is 12.0. The van der Waals surface area contributed by atoms with Crippen LogP contribution in [0, 0.1) is 11.7 Å². The van der Waals surface area contributed by atoms with Crippen molar-refractivity contribution < 1.29 is 13.9 Å². The minimum Gasteiger partial charge on any atom is -0.492 e. The van der Waals surface area contributed by atoms with E-state index in [0.29, 0.717) is 31.9 Å². The molecular formula is C14H21FN2O2. The van der Waals surface area contributed by atoms with Crippen LogP contribution in [-0.2, 0) is 4.79 Å². The van der Waals surface area contributed by atoms with Gasteiger partial charge in [0.25, 0.3) is 0 Å². The number of nitrogens with two attached hydrogens (primary N) is 1. The van der Waals surface area contributed by atoms with E-state index in [-0.39, 0.29) is 17.6 Å². The Bertz CT molecular complexity index is 412. The molecule has 0 aliphatic carbocycles. The van der Waals surface area contributed by atoms with Crippen molar-refractivity contribution in [1.29, 1.82) is 0 Å². The average Bonchev–Trinajstić information content (AvgIpc) is 2.38. The maximum atomic E-state index is 12.9. The number of hydrogen-bond acceptors (Lipinski definition) is 3. The van der Waals surface area contributed by atoms with Gasteiger partial charge in [-0.2, -0.15) is 0 Å². The third-order valence-electron chi connectivity index (χ3n) is 2.84. The van der Waals surface area contributed by atoms with Gasteiger partial charge in [-0.15, -0.1) is 0 Å². The summed E-state index contributed by atoms with van der Waals surface area (Å²) < 4.78 is 18.3. The molecule has 19 heavy (non-hydrogen) atoms. The molecule has 0 fully saturated rings. The molecule has 1 amide bonds. The van der Waals surface area contributed by atoms with Gasteiger partial charge in [-0.1, -0.05) is 13.0 Å². The summed E-state index contributed by atoms with van der Waals surface area (Å²) in [6.45, 7) is 3.24. The minimum absolute atomic E-state index is 0.0424. The highest BCUT2D eigenvalue weighted by Crippen LogP contribution is 2.11. The van der Waals surface area contributed by atoms with Gasteiger partial charge in [0.15, 0.2) is 0 Å². The van der Waals surface area contributed by atoms with E-state index in [1.54, 1.807) is 24.1 Å². The van der Waals surface area contributed by atoms with Crippen molar-refractivity contribution in [2.24, 2.45) is 11.7 Å². The summed E-state index contributed by atoms with van der Waals surface area (Å²) in [7, 11) is 1.72. The van der Waals surface area contributed by atoms with Crippen LogP contribution in [0.15, 0.2) is 24.3 Å². The fraction of sp³-hybridized carbons (Fsp3) is 0.500. The molecule has 0 saturated heterocycles. The fourth-order valence-corrected chi connectivity index (χ4v) is 1.52. The van der Waals surface area contributed by atoms with Crippen molar-refractivity contribution in [3.8, 4) is 5.75 Å². The number of carbonyl (C=O) groups is 1. The lowest BCUT2D eigenvalue weighted by Gasteiger charge is -2.19. The summed E-state index contributed by atoms with van der Waals surface area (Å²) in [4.78, 5) is 13.4. The summed E-state index contributed by atoms with van der Waals surface area (Å²) in [5, 5.41) is 0. The first-order valence-corrected chi connectivity index (χ1v) is 6.35. The Morgan fingerprint density at radius 2 is 2.26 bits per heavy atom. The maximum Gasteiger partial charge on any atom is 0.222 e. The lowest BCUT2D eigenvalue weighted by molar-refractivity contribution is -0.131. The van der Waals surface area contributed by atoms with E-state index < -0.39 is 0 Å². The van der Waals surface area contributed by atoms with E-state index in [2.05, 4.69) is 0 Å². The van der Waals surface area contributed by atoms with Crippen molar-refractivity contribution in [3.05, 3.63) is 30.1 Å². The number of ether oxygens (including phenoxy) is 1. The van der Waals surface area contributed by atoms with Gasteiger partial charge in [0, 0.05) is 19.5 Å². The smallest absolute Gasteiger partial charge is 0.222 e. The Balaban J connectivity index is 2.30. The Morgan fingerprint density at radius 1 is 1.53 bits per heavy atom. The molecule has 0 heterocycles. The Hall–Kier alpha value is -1.62. The molecular weight excluding hydrogens is 247 g/mol. The highest BCUT2D eigenvalue weighted by Gasteiger charge is 2.12. The molecule has 0 radical (unpaired) electrons. The topological polar surface area (TPSA) is 55.6 Å². The molecule has 106 valence electrons. The summed E-state index contributed by atoms with van der Waals surface area (Å²) in [5.41, 5.74) is 5.48. The number of rotatable bonds is 7. The second-order valence-electron chi connectivity index (χ2n) is 4.67. The number of amides is 1. The summed E-state index contributed by atoms with van der Waals surface area (Å²) >= 11 is 0. The largest absolute Gasteiger partial charge is 0.492 e. The zero-order valence-electron chi connectivity index (χ0n) is 11.4.